The van der Waals surface area contributed by atoms with Gasteiger partial charge in [-0.15, -0.1) is 12.4 Å². The maximum Gasteiger partial charge on any atom is 0.224 e. The average molecular weight is 313 g/mol. The van der Waals surface area contributed by atoms with Gasteiger partial charge in [-0.2, -0.15) is 0 Å². The zero-order valence-corrected chi connectivity index (χ0v) is 14.4. The number of benzene rings is 1. The van der Waals surface area contributed by atoms with Gasteiger partial charge in [-0.05, 0) is 17.4 Å². The van der Waals surface area contributed by atoms with Gasteiger partial charge in [0.2, 0.25) is 5.91 Å². The average Bonchev–Trinajstić information content (AvgIpc) is 2.37. The lowest BCUT2D eigenvalue weighted by molar-refractivity contribution is -0.132. The molecule has 0 spiro atoms. The van der Waals surface area contributed by atoms with Crippen molar-refractivity contribution in [1.82, 2.24) is 4.90 Å². The van der Waals surface area contributed by atoms with E-state index in [0.29, 0.717) is 18.3 Å². The first kappa shape index (κ1) is 19.9. The molecule has 1 rings (SSSR count). The third kappa shape index (κ3) is 7.49. The standard InChI is InChI=1S/C17H28N2O.ClH/c1-13(2)11-19(12-14(3)4)17(20)10-16(18)15-8-6-5-7-9-15;/h5-9,13-14,16H,10-12,18H2,1-4H3;1H. The summed E-state index contributed by atoms with van der Waals surface area (Å²) in [5, 5.41) is 0. The summed E-state index contributed by atoms with van der Waals surface area (Å²) in [6.07, 6.45) is 0.378. The summed E-state index contributed by atoms with van der Waals surface area (Å²) in [5.41, 5.74) is 7.17. The van der Waals surface area contributed by atoms with Crippen molar-refractivity contribution in [3.63, 3.8) is 0 Å². The van der Waals surface area contributed by atoms with Crippen molar-refractivity contribution in [3.8, 4) is 0 Å². The Balaban J connectivity index is 0.00000400. The Bertz CT molecular complexity index is 397. The molecule has 1 aromatic rings. The molecule has 0 fully saturated rings. The minimum atomic E-state index is -0.217. The van der Waals surface area contributed by atoms with Gasteiger partial charge < -0.3 is 10.6 Å². The van der Waals surface area contributed by atoms with Crippen LogP contribution in [-0.2, 0) is 4.79 Å². The van der Waals surface area contributed by atoms with Crippen molar-refractivity contribution in [2.24, 2.45) is 17.6 Å². The van der Waals surface area contributed by atoms with Crippen LogP contribution < -0.4 is 5.73 Å². The predicted octanol–water partition coefficient (Wildman–Crippen LogP) is 3.64. The van der Waals surface area contributed by atoms with E-state index in [9.17, 15) is 4.79 Å². The van der Waals surface area contributed by atoms with Crippen LogP contribution in [0.2, 0.25) is 0 Å². The molecular formula is C17H29ClN2O. The highest BCUT2D eigenvalue weighted by Crippen LogP contribution is 2.16. The smallest absolute Gasteiger partial charge is 0.224 e. The number of carbonyl (C=O) groups excluding carboxylic acids is 1. The fourth-order valence-electron chi connectivity index (χ4n) is 2.30. The largest absolute Gasteiger partial charge is 0.342 e. The highest BCUT2D eigenvalue weighted by atomic mass is 35.5. The van der Waals surface area contributed by atoms with E-state index >= 15 is 0 Å². The van der Waals surface area contributed by atoms with Gasteiger partial charge in [0, 0.05) is 25.6 Å². The van der Waals surface area contributed by atoms with Gasteiger partial charge in [-0.25, -0.2) is 0 Å². The van der Waals surface area contributed by atoms with Crippen molar-refractivity contribution in [2.45, 2.75) is 40.2 Å². The number of hydrogen-bond acceptors (Lipinski definition) is 2. The zero-order valence-electron chi connectivity index (χ0n) is 13.6. The maximum absolute atomic E-state index is 12.4. The fourth-order valence-corrected chi connectivity index (χ4v) is 2.30. The minimum Gasteiger partial charge on any atom is -0.342 e. The molecule has 0 saturated heterocycles. The molecule has 0 saturated carbocycles. The van der Waals surface area contributed by atoms with Gasteiger partial charge in [0.1, 0.15) is 0 Å². The van der Waals surface area contributed by atoms with Gasteiger partial charge in [0.15, 0.2) is 0 Å². The third-order valence-corrected chi connectivity index (χ3v) is 3.15. The lowest BCUT2D eigenvalue weighted by Gasteiger charge is -2.27. The first-order valence-electron chi connectivity index (χ1n) is 7.48. The lowest BCUT2D eigenvalue weighted by Crippen LogP contribution is -2.38. The molecule has 2 N–H and O–H groups in total. The second kappa shape index (κ2) is 9.80. The molecule has 3 nitrogen and oxygen atoms in total. The summed E-state index contributed by atoms with van der Waals surface area (Å²) in [5.74, 6) is 1.11. The number of halogens is 1. The molecule has 1 unspecified atom stereocenters. The van der Waals surface area contributed by atoms with Crippen LogP contribution >= 0.6 is 12.4 Å². The van der Waals surface area contributed by atoms with Crippen molar-refractivity contribution in [1.29, 1.82) is 0 Å². The van der Waals surface area contributed by atoms with Crippen LogP contribution in [0.3, 0.4) is 0 Å². The monoisotopic (exact) mass is 312 g/mol. The number of nitrogens with two attached hydrogens (primary N) is 1. The number of amides is 1. The van der Waals surface area contributed by atoms with Crippen LogP contribution in [0.15, 0.2) is 30.3 Å². The summed E-state index contributed by atoms with van der Waals surface area (Å²) in [6, 6.07) is 9.62. The maximum atomic E-state index is 12.4. The topological polar surface area (TPSA) is 46.3 Å². The molecule has 0 aliphatic heterocycles. The van der Waals surface area contributed by atoms with Crippen molar-refractivity contribution in [3.05, 3.63) is 35.9 Å². The zero-order chi connectivity index (χ0) is 15.1. The first-order valence-corrected chi connectivity index (χ1v) is 7.48. The Morgan fingerprint density at radius 2 is 1.52 bits per heavy atom. The first-order chi connectivity index (χ1) is 9.40. The predicted molar refractivity (Wildman–Crippen MR) is 91.5 cm³/mol. The molecule has 0 bridgehead atoms. The Morgan fingerprint density at radius 3 is 1.95 bits per heavy atom. The lowest BCUT2D eigenvalue weighted by atomic mass is 10.0. The van der Waals surface area contributed by atoms with Crippen molar-refractivity contribution >= 4 is 18.3 Å². The molecule has 0 aliphatic rings. The van der Waals surface area contributed by atoms with Crippen LogP contribution in [0, 0.1) is 11.8 Å². The molecule has 0 aromatic heterocycles. The molecule has 120 valence electrons. The van der Waals surface area contributed by atoms with Crippen molar-refractivity contribution < 1.29 is 4.79 Å². The highest BCUT2D eigenvalue weighted by molar-refractivity contribution is 5.85. The van der Waals surface area contributed by atoms with E-state index in [1.165, 1.54) is 0 Å². The van der Waals surface area contributed by atoms with Gasteiger partial charge in [0.05, 0.1) is 0 Å². The van der Waals surface area contributed by atoms with Crippen molar-refractivity contribution in [2.75, 3.05) is 13.1 Å². The molecule has 4 heteroatoms. The van der Waals surface area contributed by atoms with Crippen LogP contribution in [0.1, 0.15) is 45.7 Å². The molecule has 1 amide bonds. The van der Waals surface area contributed by atoms with Gasteiger partial charge in [0.25, 0.3) is 0 Å². The van der Waals surface area contributed by atoms with E-state index in [-0.39, 0.29) is 24.4 Å². The van der Waals surface area contributed by atoms with Crippen LogP contribution in [0.5, 0.6) is 0 Å². The summed E-state index contributed by atoms with van der Waals surface area (Å²) >= 11 is 0. The molecular weight excluding hydrogens is 284 g/mol. The van der Waals surface area contributed by atoms with E-state index in [0.717, 1.165) is 18.7 Å². The SMILES string of the molecule is CC(C)CN(CC(C)C)C(=O)CC(N)c1ccccc1.Cl. The van der Waals surface area contributed by atoms with Gasteiger partial charge in [-0.1, -0.05) is 58.0 Å². The summed E-state index contributed by atoms with van der Waals surface area (Å²) in [4.78, 5) is 14.4. The Kier molecular flexibility index (Phi) is 9.31. The Hall–Kier alpha value is -1.06. The minimum absolute atomic E-state index is 0. The normalized spacial score (nSPS) is 12.1. The van der Waals surface area contributed by atoms with Gasteiger partial charge >= 0.3 is 0 Å². The summed E-state index contributed by atoms with van der Waals surface area (Å²) in [6.45, 7) is 10.2. The second-order valence-corrected chi connectivity index (χ2v) is 6.31. The third-order valence-electron chi connectivity index (χ3n) is 3.15. The van der Waals surface area contributed by atoms with Crippen LogP contribution in [0.25, 0.3) is 0 Å². The number of nitrogens with zero attached hydrogens (tertiary/aromatic N) is 1. The van der Waals surface area contributed by atoms with E-state index in [1.807, 2.05) is 35.2 Å². The number of hydrogen-bond donors (Lipinski definition) is 1. The van der Waals surface area contributed by atoms with Gasteiger partial charge in [-0.3, -0.25) is 4.79 Å². The van der Waals surface area contributed by atoms with E-state index in [2.05, 4.69) is 27.7 Å². The molecule has 1 aromatic carbocycles. The molecule has 0 radical (unpaired) electrons. The molecule has 0 heterocycles. The highest BCUT2D eigenvalue weighted by Gasteiger charge is 2.19. The number of rotatable bonds is 7. The van der Waals surface area contributed by atoms with E-state index in [1.54, 1.807) is 0 Å². The molecule has 1 atom stereocenters. The summed E-state index contributed by atoms with van der Waals surface area (Å²) < 4.78 is 0. The van der Waals surface area contributed by atoms with E-state index in [4.69, 9.17) is 5.73 Å². The Morgan fingerprint density at radius 1 is 1.05 bits per heavy atom. The van der Waals surface area contributed by atoms with Crippen LogP contribution in [-0.4, -0.2) is 23.9 Å². The van der Waals surface area contributed by atoms with Crippen LogP contribution in [0.4, 0.5) is 0 Å². The van der Waals surface area contributed by atoms with E-state index < -0.39 is 0 Å². The second-order valence-electron chi connectivity index (χ2n) is 6.31. The number of carbonyl (C=O) groups is 1. The Labute approximate surface area is 135 Å². The summed E-state index contributed by atoms with van der Waals surface area (Å²) in [7, 11) is 0. The molecule has 0 aliphatic carbocycles. The fraction of sp³-hybridized carbons (Fsp3) is 0.588. The molecule has 21 heavy (non-hydrogen) atoms. The quantitative estimate of drug-likeness (QED) is 0.835.